The predicted octanol–water partition coefficient (Wildman–Crippen LogP) is 3.97. The molecule has 0 unspecified atom stereocenters. The number of fused-ring (bicyclic) bond motifs is 3. The smallest absolute Gasteiger partial charge is 0.279 e. The third-order valence-electron chi connectivity index (χ3n) is 6.05. The Hall–Kier alpha value is -2.44. The van der Waals surface area contributed by atoms with Crippen molar-refractivity contribution in [3.8, 4) is 0 Å². The van der Waals surface area contributed by atoms with Crippen molar-refractivity contribution >= 4 is 21.9 Å². The standard InChI is InChI=1S/C24H25BrN4O/c25-20-9-7-19(8-10-20)16-28-12-4-13-29-22-11-14-27(15-18-5-2-1-3-6-18)17-21(22)23(30)26-24(28)29/h1-3,5-10H,4,11-17H2. The molecule has 0 atom stereocenters. The maximum absolute atomic E-state index is 13.0. The zero-order valence-corrected chi connectivity index (χ0v) is 18.5. The van der Waals surface area contributed by atoms with E-state index >= 15 is 0 Å². The maximum atomic E-state index is 13.0. The van der Waals surface area contributed by atoms with Crippen LogP contribution in [0, 0.1) is 0 Å². The topological polar surface area (TPSA) is 41.4 Å². The molecule has 0 saturated heterocycles. The quantitative estimate of drug-likeness (QED) is 0.585. The molecule has 5 nitrogen and oxygen atoms in total. The van der Waals surface area contributed by atoms with E-state index in [4.69, 9.17) is 0 Å². The molecular formula is C24H25BrN4O. The summed E-state index contributed by atoms with van der Waals surface area (Å²) in [7, 11) is 0. The van der Waals surface area contributed by atoms with Gasteiger partial charge in [0, 0.05) is 55.9 Å². The van der Waals surface area contributed by atoms with Gasteiger partial charge in [-0.3, -0.25) is 9.69 Å². The minimum atomic E-state index is -0.0586. The van der Waals surface area contributed by atoms with E-state index in [1.54, 1.807) is 0 Å². The van der Waals surface area contributed by atoms with Crippen molar-refractivity contribution in [3.63, 3.8) is 0 Å². The Morgan fingerprint density at radius 1 is 0.900 bits per heavy atom. The summed E-state index contributed by atoms with van der Waals surface area (Å²) in [5.74, 6) is 0.837. The molecular weight excluding hydrogens is 440 g/mol. The second-order valence-electron chi connectivity index (χ2n) is 8.14. The number of nitrogens with zero attached hydrogens (tertiary/aromatic N) is 4. The predicted molar refractivity (Wildman–Crippen MR) is 123 cm³/mol. The molecule has 6 heteroatoms. The highest BCUT2D eigenvalue weighted by atomic mass is 79.9. The monoisotopic (exact) mass is 464 g/mol. The summed E-state index contributed by atoms with van der Waals surface area (Å²) in [5.41, 5.74) is 4.53. The van der Waals surface area contributed by atoms with Gasteiger partial charge in [-0.05, 0) is 29.7 Å². The van der Waals surface area contributed by atoms with Crippen LogP contribution in [0.4, 0.5) is 5.95 Å². The molecule has 3 aromatic rings. The number of rotatable bonds is 4. The molecule has 1 aromatic heterocycles. The lowest BCUT2D eigenvalue weighted by Crippen LogP contribution is -2.42. The Bertz CT molecular complexity index is 1090. The average Bonchev–Trinajstić information content (AvgIpc) is 2.77. The van der Waals surface area contributed by atoms with Gasteiger partial charge in [-0.25, -0.2) is 0 Å². The van der Waals surface area contributed by atoms with Crippen LogP contribution >= 0.6 is 15.9 Å². The average molecular weight is 465 g/mol. The van der Waals surface area contributed by atoms with Gasteiger partial charge in [0.15, 0.2) is 0 Å². The second-order valence-corrected chi connectivity index (χ2v) is 9.06. The van der Waals surface area contributed by atoms with Gasteiger partial charge in [0.1, 0.15) is 0 Å². The molecule has 154 valence electrons. The number of aromatic nitrogens is 2. The lowest BCUT2D eigenvalue weighted by atomic mass is 10.0. The van der Waals surface area contributed by atoms with Crippen LogP contribution in [-0.2, 0) is 32.6 Å². The molecule has 3 heterocycles. The van der Waals surface area contributed by atoms with Gasteiger partial charge in [0.25, 0.3) is 5.56 Å². The van der Waals surface area contributed by atoms with Gasteiger partial charge in [0.2, 0.25) is 5.95 Å². The Balaban J connectivity index is 1.41. The fraction of sp³-hybridized carbons (Fsp3) is 0.333. The van der Waals surface area contributed by atoms with Crippen LogP contribution in [0.15, 0.2) is 63.9 Å². The summed E-state index contributed by atoms with van der Waals surface area (Å²) < 4.78 is 3.38. The van der Waals surface area contributed by atoms with Crippen LogP contribution in [0.2, 0.25) is 0 Å². The fourth-order valence-corrected chi connectivity index (χ4v) is 4.83. The first kappa shape index (κ1) is 19.5. The van der Waals surface area contributed by atoms with Gasteiger partial charge in [0.05, 0.1) is 5.56 Å². The van der Waals surface area contributed by atoms with Gasteiger partial charge < -0.3 is 9.47 Å². The molecule has 0 saturated carbocycles. The second kappa shape index (κ2) is 8.36. The lowest BCUT2D eigenvalue weighted by molar-refractivity contribution is 0.237. The third kappa shape index (κ3) is 3.94. The van der Waals surface area contributed by atoms with Crippen LogP contribution in [0.25, 0.3) is 0 Å². The van der Waals surface area contributed by atoms with Crippen molar-refractivity contribution < 1.29 is 0 Å². The number of anilines is 1. The number of hydrogen-bond acceptors (Lipinski definition) is 4. The molecule has 0 aliphatic carbocycles. The Kier molecular flexibility index (Phi) is 5.44. The minimum absolute atomic E-state index is 0.0586. The van der Waals surface area contributed by atoms with Crippen molar-refractivity contribution in [2.75, 3.05) is 18.0 Å². The van der Waals surface area contributed by atoms with E-state index in [0.29, 0.717) is 6.54 Å². The Labute approximate surface area is 185 Å². The molecule has 2 aromatic carbocycles. The Morgan fingerprint density at radius 3 is 2.47 bits per heavy atom. The van der Waals surface area contributed by atoms with Gasteiger partial charge in [-0.2, -0.15) is 4.98 Å². The highest BCUT2D eigenvalue weighted by Gasteiger charge is 2.27. The SMILES string of the molecule is O=c1nc2n(c3c1CN(Cc1ccccc1)CC3)CCCN2Cc1ccc(Br)cc1. The van der Waals surface area contributed by atoms with Gasteiger partial charge in [-0.15, -0.1) is 0 Å². The highest BCUT2D eigenvalue weighted by molar-refractivity contribution is 9.10. The van der Waals surface area contributed by atoms with Crippen LogP contribution < -0.4 is 10.5 Å². The molecule has 5 rings (SSSR count). The van der Waals surface area contributed by atoms with Crippen molar-refractivity contribution in [1.82, 2.24) is 14.5 Å². The van der Waals surface area contributed by atoms with Crippen molar-refractivity contribution in [3.05, 3.63) is 91.8 Å². The summed E-state index contributed by atoms with van der Waals surface area (Å²) in [5, 5.41) is 0. The van der Waals surface area contributed by atoms with E-state index in [2.05, 4.69) is 83.8 Å². The largest absolute Gasteiger partial charge is 0.338 e. The summed E-state index contributed by atoms with van der Waals surface area (Å²) in [4.78, 5) is 22.2. The van der Waals surface area contributed by atoms with Crippen LogP contribution in [-0.4, -0.2) is 27.5 Å². The normalized spacial score (nSPS) is 16.2. The first-order valence-electron chi connectivity index (χ1n) is 10.6. The molecule has 0 radical (unpaired) electrons. The molecule has 0 bridgehead atoms. The van der Waals surface area contributed by atoms with E-state index in [9.17, 15) is 4.79 Å². The van der Waals surface area contributed by atoms with E-state index in [-0.39, 0.29) is 5.56 Å². The van der Waals surface area contributed by atoms with Crippen LogP contribution in [0.3, 0.4) is 0 Å². The van der Waals surface area contributed by atoms with Crippen LogP contribution in [0.1, 0.15) is 28.8 Å². The minimum Gasteiger partial charge on any atom is -0.338 e. The fourth-order valence-electron chi connectivity index (χ4n) is 4.57. The summed E-state index contributed by atoms with van der Waals surface area (Å²) >= 11 is 3.50. The van der Waals surface area contributed by atoms with E-state index in [0.717, 1.165) is 61.5 Å². The molecule has 0 spiro atoms. The first-order valence-corrected chi connectivity index (χ1v) is 11.3. The van der Waals surface area contributed by atoms with Gasteiger partial charge >= 0.3 is 0 Å². The molecule has 0 fully saturated rings. The van der Waals surface area contributed by atoms with Crippen molar-refractivity contribution in [2.45, 2.75) is 39.0 Å². The van der Waals surface area contributed by atoms with E-state index < -0.39 is 0 Å². The number of benzene rings is 2. The van der Waals surface area contributed by atoms with Gasteiger partial charge in [-0.1, -0.05) is 58.4 Å². The maximum Gasteiger partial charge on any atom is 0.279 e. The van der Waals surface area contributed by atoms with Crippen LogP contribution in [0.5, 0.6) is 0 Å². The van der Waals surface area contributed by atoms with E-state index in [1.165, 1.54) is 16.8 Å². The molecule has 2 aliphatic heterocycles. The molecule has 0 amide bonds. The zero-order chi connectivity index (χ0) is 20.5. The lowest BCUT2D eigenvalue weighted by Gasteiger charge is -2.36. The van der Waals surface area contributed by atoms with Crippen molar-refractivity contribution in [2.24, 2.45) is 0 Å². The summed E-state index contributed by atoms with van der Waals surface area (Å²) in [6.07, 6.45) is 1.98. The highest BCUT2D eigenvalue weighted by Crippen LogP contribution is 2.26. The van der Waals surface area contributed by atoms with E-state index in [1.807, 2.05) is 6.07 Å². The Morgan fingerprint density at radius 2 is 1.67 bits per heavy atom. The third-order valence-corrected chi connectivity index (χ3v) is 6.58. The first-order chi connectivity index (χ1) is 14.7. The molecule has 0 N–H and O–H groups in total. The molecule has 2 aliphatic rings. The zero-order valence-electron chi connectivity index (χ0n) is 16.9. The molecule has 30 heavy (non-hydrogen) atoms. The summed E-state index contributed by atoms with van der Waals surface area (Å²) in [6.45, 7) is 5.18. The number of hydrogen-bond donors (Lipinski definition) is 0. The summed E-state index contributed by atoms with van der Waals surface area (Å²) in [6, 6.07) is 18.8. The van der Waals surface area contributed by atoms with Crippen molar-refractivity contribution in [1.29, 1.82) is 0 Å². The number of halogens is 1.